The Hall–Kier alpha value is -2.80. The van der Waals surface area contributed by atoms with Crippen LogP contribution in [0.4, 0.5) is 11.4 Å². The van der Waals surface area contributed by atoms with Crippen LogP contribution >= 0.6 is 11.8 Å². The second-order valence-corrected chi connectivity index (χ2v) is 10.5. The highest BCUT2D eigenvalue weighted by atomic mass is 32.2. The van der Waals surface area contributed by atoms with Gasteiger partial charge in [0.05, 0.1) is 11.4 Å². The van der Waals surface area contributed by atoms with Gasteiger partial charge in [-0.15, -0.1) is 11.8 Å². The lowest BCUT2D eigenvalue weighted by Crippen LogP contribution is -2.52. The predicted octanol–water partition coefficient (Wildman–Crippen LogP) is 4.03. The molecule has 0 unspecified atom stereocenters. The first-order chi connectivity index (χ1) is 15.9. The summed E-state index contributed by atoms with van der Waals surface area (Å²) in [4.78, 5) is 42.2. The molecule has 2 fully saturated rings. The van der Waals surface area contributed by atoms with E-state index in [0.29, 0.717) is 5.69 Å². The van der Waals surface area contributed by atoms with E-state index in [4.69, 9.17) is 0 Å². The molecule has 5 rings (SSSR count). The molecule has 0 radical (unpaired) electrons. The first-order valence-electron chi connectivity index (χ1n) is 11.7. The summed E-state index contributed by atoms with van der Waals surface area (Å²) in [5.41, 5.74) is 4.27. The number of amides is 3. The number of carbonyl (C=O) groups is 3. The van der Waals surface area contributed by atoms with Crippen LogP contribution in [0.3, 0.4) is 0 Å². The Balaban J connectivity index is 1.51. The average Bonchev–Trinajstić information content (AvgIpc) is 3.25. The van der Waals surface area contributed by atoms with E-state index in [1.165, 1.54) is 18.2 Å². The van der Waals surface area contributed by atoms with Crippen molar-refractivity contribution >= 4 is 40.9 Å². The summed E-state index contributed by atoms with van der Waals surface area (Å²) in [5, 5.41) is 3.12. The van der Waals surface area contributed by atoms with E-state index < -0.39 is 4.87 Å². The van der Waals surface area contributed by atoms with Crippen LogP contribution in [-0.2, 0) is 19.3 Å². The van der Waals surface area contributed by atoms with Gasteiger partial charge in [0.2, 0.25) is 16.7 Å². The number of nitrogens with zero attached hydrogens (tertiary/aromatic N) is 2. The highest BCUT2D eigenvalue weighted by molar-refractivity contribution is 8.02. The first kappa shape index (κ1) is 22.0. The molecule has 0 bridgehead atoms. The van der Waals surface area contributed by atoms with Crippen molar-refractivity contribution in [3.63, 3.8) is 0 Å². The average molecular weight is 464 g/mol. The van der Waals surface area contributed by atoms with Crippen LogP contribution in [0.15, 0.2) is 42.5 Å². The molecule has 1 N–H and O–H groups in total. The number of hydrogen-bond acceptors (Lipinski definition) is 4. The second kappa shape index (κ2) is 8.52. The number of rotatable bonds is 4. The van der Waals surface area contributed by atoms with Crippen LogP contribution in [-0.4, -0.2) is 36.1 Å². The minimum Gasteiger partial charge on any atom is -0.352 e. The van der Waals surface area contributed by atoms with E-state index in [1.54, 1.807) is 9.80 Å². The topological polar surface area (TPSA) is 69.7 Å². The third-order valence-electron chi connectivity index (χ3n) is 6.80. The second-order valence-electron chi connectivity index (χ2n) is 9.32. The van der Waals surface area contributed by atoms with Gasteiger partial charge in [-0.3, -0.25) is 24.2 Å². The molecule has 1 aliphatic carbocycles. The number of para-hydroxylation sites is 1. The molecule has 2 aliphatic heterocycles. The number of nitrogens with one attached hydrogen (secondary N) is 1. The molecule has 0 aromatic heterocycles. The summed E-state index contributed by atoms with van der Waals surface area (Å²) in [6.45, 7) is 3.94. The van der Waals surface area contributed by atoms with Crippen LogP contribution in [0.2, 0.25) is 0 Å². The third-order valence-corrected chi connectivity index (χ3v) is 8.19. The van der Waals surface area contributed by atoms with Gasteiger partial charge in [-0.2, -0.15) is 0 Å². The van der Waals surface area contributed by atoms with Crippen molar-refractivity contribution in [3.05, 3.63) is 59.2 Å². The SMILES string of the molecule is Cc1cc(C)cc(N2C(=O)CS[C@]23C(=O)N(CC(=O)NC2CCCCC2)c2ccccc23)c1. The molecule has 6 nitrogen and oxygen atoms in total. The first-order valence-corrected chi connectivity index (χ1v) is 12.6. The number of fused-ring (bicyclic) bond motifs is 2. The Morgan fingerprint density at radius 2 is 1.76 bits per heavy atom. The molecule has 3 amide bonds. The maximum Gasteiger partial charge on any atom is 0.269 e. The summed E-state index contributed by atoms with van der Waals surface area (Å²) < 4.78 is 0. The molecule has 1 saturated heterocycles. The van der Waals surface area contributed by atoms with Crippen molar-refractivity contribution in [2.75, 3.05) is 22.1 Å². The van der Waals surface area contributed by atoms with Gasteiger partial charge >= 0.3 is 0 Å². The summed E-state index contributed by atoms with van der Waals surface area (Å²) in [6.07, 6.45) is 5.45. The van der Waals surface area contributed by atoms with Gasteiger partial charge in [-0.25, -0.2) is 0 Å². The summed E-state index contributed by atoms with van der Waals surface area (Å²) in [5.74, 6) is -0.247. The molecule has 2 heterocycles. The number of benzene rings is 2. The van der Waals surface area contributed by atoms with Gasteiger partial charge in [-0.1, -0.05) is 43.5 Å². The lowest BCUT2D eigenvalue weighted by atomic mass is 9.95. The fourth-order valence-corrected chi connectivity index (χ4v) is 6.82. The maximum atomic E-state index is 14.0. The predicted molar refractivity (Wildman–Crippen MR) is 131 cm³/mol. The van der Waals surface area contributed by atoms with Crippen molar-refractivity contribution in [2.45, 2.75) is 56.9 Å². The molecule has 172 valence electrons. The third kappa shape index (κ3) is 3.72. The highest BCUT2D eigenvalue weighted by Gasteiger charge is 2.61. The van der Waals surface area contributed by atoms with Crippen LogP contribution < -0.4 is 15.1 Å². The molecule has 3 aliphatic rings. The Labute approximate surface area is 198 Å². The lowest BCUT2D eigenvalue weighted by Gasteiger charge is -2.33. The smallest absolute Gasteiger partial charge is 0.269 e. The standard InChI is InChI=1S/C26H29N3O3S/c1-17-12-18(2)14-20(13-17)29-24(31)16-33-26(29)21-10-6-7-11-22(21)28(25(26)32)15-23(30)27-19-8-4-3-5-9-19/h6-7,10-14,19H,3-5,8-9,15-16H2,1-2H3,(H,27,30)/t26-/m1/s1. The molecule has 1 spiro atoms. The normalized spacial score (nSPS) is 22.8. The number of aryl methyl sites for hydroxylation is 2. The molecule has 1 saturated carbocycles. The van der Waals surface area contributed by atoms with Crippen LogP contribution in [0.25, 0.3) is 0 Å². The fourth-order valence-electron chi connectivity index (χ4n) is 5.46. The quantitative estimate of drug-likeness (QED) is 0.743. The van der Waals surface area contributed by atoms with E-state index in [2.05, 4.69) is 11.4 Å². The molecule has 7 heteroatoms. The number of thioether (sulfide) groups is 1. The zero-order valence-corrected chi connectivity index (χ0v) is 19.9. The van der Waals surface area contributed by atoms with Gasteiger partial charge in [0.25, 0.3) is 5.91 Å². The minimum atomic E-state index is -1.18. The van der Waals surface area contributed by atoms with Crippen molar-refractivity contribution < 1.29 is 14.4 Å². The largest absolute Gasteiger partial charge is 0.352 e. The van der Waals surface area contributed by atoms with Crippen LogP contribution in [0, 0.1) is 13.8 Å². The number of hydrogen-bond donors (Lipinski definition) is 1. The Kier molecular flexibility index (Phi) is 5.69. The van der Waals surface area contributed by atoms with Crippen molar-refractivity contribution in [3.8, 4) is 0 Å². The van der Waals surface area contributed by atoms with Crippen LogP contribution in [0.1, 0.15) is 48.8 Å². The molecule has 1 atom stereocenters. The van der Waals surface area contributed by atoms with Gasteiger partial charge in [-0.05, 0) is 56.0 Å². The zero-order valence-electron chi connectivity index (χ0n) is 19.1. The van der Waals surface area contributed by atoms with Gasteiger partial charge < -0.3 is 5.32 Å². The zero-order chi connectivity index (χ0) is 23.2. The van der Waals surface area contributed by atoms with E-state index in [9.17, 15) is 14.4 Å². The maximum absolute atomic E-state index is 14.0. The van der Waals surface area contributed by atoms with Gasteiger partial charge in [0.1, 0.15) is 6.54 Å². The van der Waals surface area contributed by atoms with E-state index in [1.807, 2.05) is 50.2 Å². The highest BCUT2D eigenvalue weighted by Crippen LogP contribution is 2.55. The molecular formula is C26H29N3O3S. The van der Waals surface area contributed by atoms with Crippen molar-refractivity contribution in [2.24, 2.45) is 0 Å². The molecular weight excluding hydrogens is 434 g/mol. The van der Waals surface area contributed by atoms with Crippen LogP contribution in [0.5, 0.6) is 0 Å². The molecule has 33 heavy (non-hydrogen) atoms. The Bertz CT molecular complexity index is 1110. The van der Waals surface area contributed by atoms with E-state index in [-0.39, 0.29) is 36.1 Å². The fraction of sp³-hybridized carbons (Fsp3) is 0.423. The molecule has 2 aromatic carbocycles. The van der Waals surface area contributed by atoms with Gasteiger partial charge in [0.15, 0.2) is 0 Å². The van der Waals surface area contributed by atoms with E-state index >= 15 is 0 Å². The lowest BCUT2D eigenvalue weighted by molar-refractivity contribution is -0.126. The van der Waals surface area contributed by atoms with Crippen molar-refractivity contribution in [1.82, 2.24) is 5.32 Å². The Morgan fingerprint density at radius 1 is 1.06 bits per heavy atom. The summed E-state index contributed by atoms with van der Waals surface area (Å²) in [7, 11) is 0. The summed E-state index contributed by atoms with van der Waals surface area (Å²) >= 11 is 1.35. The number of anilines is 2. The Morgan fingerprint density at radius 3 is 2.48 bits per heavy atom. The molecule has 2 aromatic rings. The summed E-state index contributed by atoms with van der Waals surface area (Å²) in [6, 6.07) is 13.7. The van der Waals surface area contributed by atoms with Crippen molar-refractivity contribution in [1.29, 1.82) is 0 Å². The van der Waals surface area contributed by atoms with E-state index in [0.717, 1.165) is 48.1 Å². The monoisotopic (exact) mass is 463 g/mol. The number of carbonyl (C=O) groups excluding carboxylic acids is 3. The van der Waals surface area contributed by atoms with Gasteiger partial charge in [0, 0.05) is 17.3 Å². The minimum absolute atomic E-state index is 0.0382.